The van der Waals surface area contributed by atoms with E-state index in [-0.39, 0.29) is 23.1 Å². The van der Waals surface area contributed by atoms with Gasteiger partial charge >= 0.3 is 6.85 Å². The van der Waals surface area contributed by atoms with E-state index in [0.717, 1.165) is 0 Å². The first-order valence-corrected chi connectivity index (χ1v) is 19.6. The molecule has 1 aromatic heterocycles. The van der Waals surface area contributed by atoms with Gasteiger partial charge in [0.25, 0.3) is 0 Å². The molecule has 8 aromatic rings. The van der Waals surface area contributed by atoms with Crippen molar-refractivity contribution in [3.05, 3.63) is 150 Å². The molecule has 0 atom stereocenters. The Morgan fingerprint density at radius 1 is 0.556 bits per heavy atom. The van der Waals surface area contributed by atoms with Crippen molar-refractivity contribution in [3.8, 4) is 27.9 Å². The molecule has 0 amide bonds. The summed E-state index contributed by atoms with van der Waals surface area (Å²) in [6.45, 7) is 18.7. The summed E-state index contributed by atoms with van der Waals surface area (Å²) >= 11 is 0. The monoisotopic (exact) mass is 696 g/mol. The summed E-state index contributed by atoms with van der Waals surface area (Å²) in [6, 6.07) is 49.4. The van der Waals surface area contributed by atoms with Gasteiger partial charge in [-0.2, -0.15) is 0 Å². The van der Waals surface area contributed by atoms with E-state index in [2.05, 4.69) is 192 Å². The number of hydrogen-bond donors (Lipinski definition) is 0. The molecule has 0 saturated carbocycles. The van der Waals surface area contributed by atoms with Crippen molar-refractivity contribution < 1.29 is 0 Å². The molecule has 2 aliphatic heterocycles. The van der Waals surface area contributed by atoms with Crippen LogP contribution in [-0.4, -0.2) is 11.4 Å². The molecule has 262 valence electrons. The van der Waals surface area contributed by atoms with Gasteiger partial charge in [-0.15, -0.1) is 0 Å². The number of hydrogen-bond acceptors (Lipinski definition) is 1. The summed E-state index contributed by atoms with van der Waals surface area (Å²) in [4.78, 5) is 2.67. The van der Waals surface area contributed by atoms with Crippen molar-refractivity contribution in [2.45, 2.75) is 71.6 Å². The molecule has 0 N–H and O–H groups in total. The SMILES string of the molecule is CC(C)(C)c1ccc(N2B3c4cc(C(C)(C)C)ccc4-n4c5ccc6c(c5c5ccc(c3c54)-c3cc4ccccc4cc32)-c2ccccc2C6(C)C)cc1. The highest BCUT2D eigenvalue weighted by Gasteiger charge is 2.45. The molecule has 0 radical (unpaired) electrons. The first-order chi connectivity index (χ1) is 25.8. The zero-order chi connectivity index (χ0) is 37.1. The van der Waals surface area contributed by atoms with Crippen molar-refractivity contribution in [1.82, 2.24) is 4.57 Å². The molecule has 3 heterocycles. The summed E-state index contributed by atoms with van der Waals surface area (Å²) in [7, 11) is 0. The zero-order valence-electron chi connectivity index (χ0n) is 32.6. The van der Waals surface area contributed by atoms with Crippen LogP contribution in [0, 0.1) is 0 Å². The topological polar surface area (TPSA) is 8.17 Å². The van der Waals surface area contributed by atoms with Gasteiger partial charge in [0.15, 0.2) is 0 Å². The molecule has 7 aromatic carbocycles. The maximum absolute atomic E-state index is 2.67. The molecule has 0 fully saturated rings. The van der Waals surface area contributed by atoms with Crippen LogP contribution in [0.3, 0.4) is 0 Å². The van der Waals surface area contributed by atoms with E-state index in [1.54, 1.807) is 0 Å². The van der Waals surface area contributed by atoms with Crippen molar-refractivity contribution in [2.75, 3.05) is 4.81 Å². The van der Waals surface area contributed by atoms with E-state index in [4.69, 9.17) is 0 Å². The molecule has 0 spiro atoms. The Hall–Kier alpha value is -5.54. The van der Waals surface area contributed by atoms with Crippen LogP contribution in [0.2, 0.25) is 0 Å². The molecule has 54 heavy (non-hydrogen) atoms. The van der Waals surface area contributed by atoms with Gasteiger partial charge in [0, 0.05) is 38.8 Å². The van der Waals surface area contributed by atoms with Crippen molar-refractivity contribution in [2.24, 2.45) is 0 Å². The number of fused-ring (bicyclic) bond motifs is 13. The minimum atomic E-state index is -0.0685. The average molecular weight is 697 g/mol. The Kier molecular flexibility index (Phi) is 6.13. The van der Waals surface area contributed by atoms with Gasteiger partial charge in [0.2, 0.25) is 0 Å². The van der Waals surface area contributed by atoms with Crippen LogP contribution in [0.4, 0.5) is 11.4 Å². The number of benzene rings is 7. The first kappa shape index (κ1) is 31.9. The minimum absolute atomic E-state index is 0.000973. The maximum Gasteiger partial charge on any atom is 0.333 e. The number of anilines is 2. The Bertz CT molecular complexity index is 2930. The van der Waals surface area contributed by atoms with Crippen molar-refractivity contribution in [3.63, 3.8) is 0 Å². The van der Waals surface area contributed by atoms with Crippen molar-refractivity contribution in [1.29, 1.82) is 0 Å². The summed E-state index contributed by atoms with van der Waals surface area (Å²) in [6.07, 6.45) is 0. The molecular weight excluding hydrogens is 651 g/mol. The summed E-state index contributed by atoms with van der Waals surface area (Å²) in [5.74, 6) is 0. The standard InChI is InChI=1S/C51H45BN2/c1-49(2,3)32-17-20-34(21-18-32)54-44-28-31-14-10-9-13-30(31)27-38(44)35-22-23-37-46-43(26-24-40-45(46)36-15-11-12-16-39(36)51(40,7)8)53-42-25-19-33(50(4,5)6)29-41(42)52(54)47(35)48(37)53/h9-29H,1-8H3. The normalized spacial score (nSPS) is 15.1. The fraction of sp³-hybridized carbons (Fsp3) is 0.216. The first-order valence-electron chi connectivity index (χ1n) is 19.6. The van der Waals surface area contributed by atoms with Crippen LogP contribution in [-0.2, 0) is 16.2 Å². The quantitative estimate of drug-likeness (QED) is 0.155. The Morgan fingerprint density at radius 2 is 1.24 bits per heavy atom. The molecule has 0 saturated heterocycles. The van der Waals surface area contributed by atoms with E-state index in [1.807, 2.05) is 0 Å². The Morgan fingerprint density at radius 3 is 1.98 bits per heavy atom. The molecule has 0 unspecified atom stereocenters. The molecule has 11 rings (SSSR count). The second kappa shape index (κ2) is 10.4. The second-order valence-electron chi connectivity index (χ2n) is 18.6. The highest BCUT2D eigenvalue weighted by Crippen LogP contribution is 2.54. The maximum atomic E-state index is 2.67. The largest absolute Gasteiger partial charge is 0.376 e. The Balaban J connectivity index is 1.32. The fourth-order valence-electron chi connectivity index (χ4n) is 10.2. The van der Waals surface area contributed by atoms with E-state index in [1.165, 1.54) is 105 Å². The minimum Gasteiger partial charge on any atom is -0.376 e. The fourth-order valence-corrected chi connectivity index (χ4v) is 10.2. The van der Waals surface area contributed by atoms with Gasteiger partial charge < -0.3 is 9.38 Å². The second-order valence-corrected chi connectivity index (χ2v) is 18.6. The van der Waals surface area contributed by atoms with Gasteiger partial charge in [-0.1, -0.05) is 146 Å². The van der Waals surface area contributed by atoms with E-state index in [9.17, 15) is 0 Å². The lowest BCUT2D eigenvalue weighted by molar-refractivity contribution is 0.590. The van der Waals surface area contributed by atoms with Crippen LogP contribution in [0.5, 0.6) is 0 Å². The van der Waals surface area contributed by atoms with Gasteiger partial charge in [-0.25, -0.2) is 0 Å². The molecule has 0 bridgehead atoms. The molecule has 2 nitrogen and oxygen atoms in total. The number of rotatable bonds is 1. The predicted octanol–water partition coefficient (Wildman–Crippen LogP) is 12.1. The third-order valence-electron chi connectivity index (χ3n) is 13.1. The lowest BCUT2D eigenvalue weighted by Crippen LogP contribution is -2.60. The van der Waals surface area contributed by atoms with E-state index >= 15 is 0 Å². The summed E-state index contributed by atoms with van der Waals surface area (Å²) < 4.78 is 2.63. The van der Waals surface area contributed by atoms with Gasteiger partial charge in [-0.05, 0) is 108 Å². The smallest absolute Gasteiger partial charge is 0.333 e. The zero-order valence-corrected chi connectivity index (χ0v) is 32.6. The third kappa shape index (κ3) is 4.08. The van der Waals surface area contributed by atoms with Crippen LogP contribution >= 0.6 is 0 Å². The van der Waals surface area contributed by atoms with E-state index in [0.29, 0.717) is 0 Å². The number of nitrogens with zero attached hydrogens (tertiary/aromatic N) is 2. The lowest BCUT2D eigenvalue weighted by Gasteiger charge is -2.42. The predicted molar refractivity (Wildman–Crippen MR) is 232 cm³/mol. The number of aromatic nitrogens is 1. The Labute approximate surface area is 319 Å². The van der Waals surface area contributed by atoms with Gasteiger partial charge in [0.1, 0.15) is 0 Å². The van der Waals surface area contributed by atoms with Crippen LogP contribution in [0.15, 0.2) is 127 Å². The summed E-state index contributed by atoms with van der Waals surface area (Å²) in [5, 5.41) is 5.26. The molecule has 3 aliphatic rings. The highest BCUT2D eigenvalue weighted by atomic mass is 15.1. The highest BCUT2D eigenvalue weighted by molar-refractivity contribution is 6.93. The van der Waals surface area contributed by atoms with Crippen LogP contribution in [0.25, 0.3) is 60.5 Å². The molecular formula is C51H45BN2. The van der Waals surface area contributed by atoms with Gasteiger partial charge in [0.05, 0.1) is 11.0 Å². The van der Waals surface area contributed by atoms with Crippen LogP contribution in [0.1, 0.15) is 77.6 Å². The van der Waals surface area contributed by atoms with Crippen LogP contribution < -0.4 is 15.7 Å². The third-order valence-corrected chi connectivity index (χ3v) is 13.1. The molecule has 1 aliphatic carbocycles. The molecule has 3 heteroatoms. The van der Waals surface area contributed by atoms with Crippen molar-refractivity contribution >= 4 is 61.7 Å². The van der Waals surface area contributed by atoms with E-state index < -0.39 is 0 Å². The lowest BCUT2D eigenvalue weighted by atomic mass is 9.43. The van der Waals surface area contributed by atoms with Gasteiger partial charge in [-0.3, -0.25) is 0 Å². The average Bonchev–Trinajstić information content (AvgIpc) is 3.61. The summed E-state index contributed by atoms with van der Waals surface area (Å²) in [5.41, 5.74) is 20.1.